The fourth-order valence-electron chi connectivity index (χ4n) is 3.25. The summed E-state index contributed by atoms with van der Waals surface area (Å²) < 4.78 is 2.58. The predicted molar refractivity (Wildman–Crippen MR) is 107 cm³/mol. The number of fused-ring (bicyclic) bond motifs is 1. The van der Waals surface area contributed by atoms with Gasteiger partial charge >= 0.3 is 5.69 Å². The third kappa shape index (κ3) is 2.59. The highest BCUT2D eigenvalue weighted by Gasteiger charge is 2.20. The summed E-state index contributed by atoms with van der Waals surface area (Å²) in [5, 5.41) is 13.1. The first-order chi connectivity index (χ1) is 13.8. The first kappa shape index (κ1) is 16.1. The van der Waals surface area contributed by atoms with Crippen molar-refractivity contribution in [2.24, 2.45) is 0 Å². The van der Waals surface area contributed by atoms with Crippen LogP contribution in [0.5, 0.6) is 0 Å². The lowest BCUT2D eigenvalue weighted by Gasteiger charge is -2.04. The van der Waals surface area contributed by atoms with E-state index in [1.165, 1.54) is 9.20 Å². The third-order valence-corrected chi connectivity index (χ3v) is 4.56. The molecule has 2 aromatic heterocycles. The second-order valence-corrected chi connectivity index (χ2v) is 6.31. The molecule has 134 valence electrons. The molecule has 6 heteroatoms. The van der Waals surface area contributed by atoms with Gasteiger partial charge in [-0.3, -0.25) is 0 Å². The van der Waals surface area contributed by atoms with Crippen LogP contribution < -0.4 is 5.69 Å². The summed E-state index contributed by atoms with van der Waals surface area (Å²) in [6.07, 6.45) is 0. The normalized spacial score (nSPS) is 11.0. The molecule has 0 aliphatic heterocycles. The van der Waals surface area contributed by atoms with Crippen LogP contribution in [0.2, 0.25) is 0 Å². The number of nitrogens with zero attached hydrogens (tertiary/aromatic N) is 5. The second-order valence-electron chi connectivity index (χ2n) is 6.31. The molecule has 5 rings (SSSR count). The van der Waals surface area contributed by atoms with Crippen LogP contribution in [-0.4, -0.2) is 24.6 Å². The maximum atomic E-state index is 13.1. The van der Waals surface area contributed by atoms with E-state index in [2.05, 4.69) is 15.4 Å². The molecule has 3 aromatic carbocycles. The monoisotopic (exact) mass is 365 g/mol. The van der Waals surface area contributed by atoms with Crippen molar-refractivity contribution in [3.8, 4) is 28.1 Å². The standard InChI is InChI=1S/C22H15N5O/c28-22-26(18-14-8-3-9-15-18)25-23-21-19(16-10-4-1-5-11-16)20(24-27(21)22)17-12-6-2-7-13-17/h1-15H. The molecule has 5 aromatic rings. The fraction of sp³-hybridized carbons (Fsp3) is 0. The minimum atomic E-state index is -0.365. The van der Waals surface area contributed by atoms with Crippen LogP contribution >= 0.6 is 0 Å². The van der Waals surface area contributed by atoms with Crippen molar-refractivity contribution in [3.63, 3.8) is 0 Å². The van der Waals surface area contributed by atoms with Crippen molar-refractivity contribution in [2.75, 3.05) is 0 Å². The van der Waals surface area contributed by atoms with Gasteiger partial charge in [-0.15, -0.1) is 5.10 Å². The molecule has 0 amide bonds. The van der Waals surface area contributed by atoms with Crippen LogP contribution in [0.3, 0.4) is 0 Å². The number of rotatable bonds is 3. The zero-order valence-electron chi connectivity index (χ0n) is 14.8. The Balaban J connectivity index is 1.84. The van der Waals surface area contributed by atoms with Crippen LogP contribution in [0.1, 0.15) is 0 Å². The lowest BCUT2D eigenvalue weighted by atomic mass is 10.0. The first-order valence-corrected chi connectivity index (χ1v) is 8.88. The van der Waals surface area contributed by atoms with Crippen LogP contribution in [0.4, 0.5) is 0 Å². The molecule has 0 saturated carbocycles. The van der Waals surface area contributed by atoms with E-state index < -0.39 is 0 Å². The molecular formula is C22H15N5O. The summed E-state index contributed by atoms with van der Waals surface area (Å²) in [6, 6.07) is 28.8. The highest BCUT2D eigenvalue weighted by atomic mass is 16.2. The molecule has 2 heterocycles. The van der Waals surface area contributed by atoms with E-state index in [0.29, 0.717) is 17.0 Å². The second kappa shape index (κ2) is 6.59. The lowest BCUT2D eigenvalue weighted by molar-refractivity contribution is 0.651. The summed E-state index contributed by atoms with van der Waals surface area (Å²) >= 11 is 0. The Morgan fingerprint density at radius 3 is 1.89 bits per heavy atom. The van der Waals surface area contributed by atoms with Crippen LogP contribution in [0, 0.1) is 0 Å². The summed E-state index contributed by atoms with van der Waals surface area (Å²) in [6.45, 7) is 0. The van der Waals surface area contributed by atoms with Gasteiger partial charge in [0.25, 0.3) is 0 Å². The number of hydrogen-bond donors (Lipinski definition) is 0. The van der Waals surface area contributed by atoms with Gasteiger partial charge in [0.1, 0.15) is 5.69 Å². The SMILES string of the molecule is O=c1n(-c2ccccc2)nnc2c(-c3ccccc3)c(-c3ccccc3)nn12. The highest BCUT2D eigenvalue weighted by Crippen LogP contribution is 2.33. The molecule has 0 fully saturated rings. The zero-order valence-corrected chi connectivity index (χ0v) is 14.8. The molecule has 0 aliphatic carbocycles. The predicted octanol–water partition coefficient (Wildman–Crippen LogP) is 3.61. The van der Waals surface area contributed by atoms with Crippen molar-refractivity contribution in [1.29, 1.82) is 0 Å². The first-order valence-electron chi connectivity index (χ1n) is 8.88. The summed E-state index contributed by atoms with van der Waals surface area (Å²) in [5.74, 6) is 0. The number of aromatic nitrogens is 5. The van der Waals surface area contributed by atoms with E-state index >= 15 is 0 Å². The maximum absolute atomic E-state index is 13.1. The van der Waals surface area contributed by atoms with Gasteiger partial charge in [-0.1, -0.05) is 84.1 Å². The molecule has 0 radical (unpaired) electrons. The van der Waals surface area contributed by atoms with E-state index in [1.807, 2.05) is 91.0 Å². The van der Waals surface area contributed by atoms with Crippen LogP contribution in [0.25, 0.3) is 33.7 Å². The zero-order chi connectivity index (χ0) is 18.9. The Bertz CT molecular complexity index is 1310. The molecule has 6 nitrogen and oxygen atoms in total. The largest absolute Gasteiger partial charge is 0.373 e. The average molecular weight is 365 g/mol. The summed E-state index contributed by atoms with van der Waals surface area (Å²) in [7, 11) is 0. The third-order valence-electron chi connectivity index (χ3n) is 4.56. The Morgan fingerprint density at radius 1 is 0.679 bits per heavy atom. The Kier molecular flexibility index (Phi) is 3.80. The quantitative estimate of drug-likeness (QED) is 0.490. The van der Waals surface area contributed by atoms with Crippen molar-refractivity contribution in [3.05, 3.63) is 101 Å². The van der Waals surface area contributed by atoms with Gasteiger partial charge < -0.3 is 0 Å². The Hall–Kier alpha value is -4.06. The summed E-state index contributed by atoms with van der Waals surface area (Å²) in [5.41, 5.74) is 4.04. The maximum Gasteiger partial charge on any atom is 0.373 e. The molecule has 0 saturated heterocycles. The van der Waals surface area contributed by atoms with E-state index in [-0.39, 0.29) is 5.69 Å². The average Bonchev–Trinajstić information content (AvgIpc) is 3.16. The molecule has 0 N–H and O–H groups in total. The molecule has 0 atom stereocenters. The van der Waals surface area contributed by atoms with Crippen molar-refractivity contribution >= 4 is 5.65 Å². The minimum absolute atomic E-state index is 0.365. The van der Waals surface area contributed by atoms with Crippen molar-refractivity contribution in [2.45, 2.75) is 0 Å². The molecule has 28 heavy (non-hydrogen) atoms. The molecule has 0 unspecified atom stereocenters. The summed E-state index contributed by atoms with van der Waals surface area (Å²) in [4.78, 5) is 13.1. The van der Waals surface area contributed by atoms with Gasteiger partial charge in [-0.25, -0.2) is 4.79 Å². The van der Waals surface area contributed by atoms with Crippen molar-refractivity contribution < 1.29 is 0 Å². The molecule has 0 spiro atoms. The highest BCUT2D eigenvalue weighted by molar-refractivity contribution is 5.90. The van der Waals surface area contributed by atoms with Gasteiger partial charge in [0.2, 0.25) is 0 Å². The van der Waals surface area contributed by atoms with E-state index in [9.17, 15) is 4.79 Å². The van der Waals surface area contributed by atoms with E-state index in [0.717, 1.165) is 16.7 Å². The number of benzene rings is 3. The van der Waals surface area contributed by atoms with E-state index in [4.69, 9.17) is 0 Å². The molecule has 0 aliphatic rings. The van der Waals surface area contributed by atoms with Gasteiger partial charge in [-0.2, -0.15) is 14.3 Å². The van der Waals surface area contributed by atoms with E-state index in [1.54, 1.807) is 0 Å². The van der Waals surface area contributed by atoms with Gasteiger partial charge in [-0.05, 0) is 17.7 Å². The van der Waals surface area contributed by atoms with Gasteiger partial charge in [0.05, 0.1) is 11.3 Å². The van der Waals surface area contributed by atoms with Gasteiger partial charge in [0, 0.05) is 5.56 Å². The topological polar surface area (TPSA) is 65.1 Å². The molecule has 0 bridgehead atoms. The van der Waals surface area contributed by atoms with Crippen LogP contribution in [-0.2, 0) is 0 Å². The molecular weight excluding hydrogens is 350 g/mol. The lowest BCUT2D eigenvalue weighted by Crippen LogP contribution is -2.29. The Labute approximate surface area is 160 Å². The Morgan fingerprint density at radius 2 is 1.25 bits per heavy atom. The number of para-hydroxylation sites is 1. The smallest absolute Gasteiger partial charge is 0.243 e. The van der Waals surface area contributed by atoms with Crippen molar-refractivity contribution in [1.82, 2.24) is 24.6 Å². The number of hydrogen-bond acceptors (Lipinski definition) is 4. The van der Waals surface area contributed by atoms with Crippen LogP contribution in [0.15, 0.2) is 95.8 Å². The fourth-order valence-corrected chi connectivity index (χ4v) is 3.25. The van der Waals surface area contributed by atoms with Gasteiger partial charge in [0.15, 0.2) is 5.65 Å². The minimum Gasteiger partial charge on any atom is -0.243 e.